The first-order valence-electron chi connectivity index (χ1n) is 8.98. The van der Waals surface area contributed by atoms with Crippen LogP contribution in [0.4, 0.5) is 0 Å². The van der Waals surface area contributed by atoms with Gasteiger partial charge in [-0.15, -0.1) is 11.8 Å². The molecule has 6 nitrogen and oxygen atoms in total. The van der Waals surface area contributed by atoms with Gasteiger partial charge < -0.3 is 4.90 Å². The lowest BCUT2D eigenvalue weighted by Crippen LogP contribution is -2.50. The number of piperazine rings is 1. The van der Waals surface area contributed by atoms with Crippen molar-refractivity contribution in [1.82, 2.24) is 9.21 Å². The fraction of sp³-hybridized carbons (Fsp3) is 0.300. The van der Waals surface area contributed by atoms with Gasteiger partial charge in [0.25, 0.3) is 5.91 Å². The van der Waals surface area contributed by atoms with Gasteiger partial charge in [0, 0.05) is 36.6 Å². The Morgan fingerprint density at radius 1 is 1.00 bits per heavy atom. The maximum Gasteiger partial charge on any atom is 0.255 e. The van der Waals surface area contributed by atoms with E-state index in [2.05, 4.69) is 0 Å². The lowest BCUT2D eigenvalue weighted by Gasteiger charge is -2.34. The molecule has 9 heteroatoms. The van der Waals surface area contributed by atoms with Gasteiger partial charge in [-0.1, -0.05) is 23.7 Å². The van der Waals surface area contributed by atoms with Crippen LogP contribution in [-0.2, 0) is 10.0 Å². The molecule has 29 heavy (non-hydrogen) atoms. The number of amides is 1. The molecule has 2 aromatic rings. The third-order valence-corrected chi connectivity index (χ3v) is 7.80. The first-order chi connectivity index (χ1) is 13.7. The summed E-state index contributed by atoms with van der Waals surface area (Å²) in [5.74, 6) is -0.320. The summed E-state index contributed by atoms with van der Waals surface area (Å²) in [6.07, 6.45) is 1.92. The lowest BCUT2D eigenvalue weighted by atomic mass is 10.2. The third kappa shape index (κ3) is 4.66. The zero-order valence-electron chi connectivity index (χ0n) is 16.1. The largest absolute Gasteiger partial charge is 0.336 e. The predicted molar refractivity (Wildman–Crippen MR) is 114 cm³/mol. The normalized spacial score (nSPS) is 15.3. The van der Waals surface area contributed by atoms with E-state index in [1.165, 1.54) is 47.3 Å². The Bertz CT molecular complexity index is 1030. The summed E-state index contributed by atoms with van der Waals surface area (Å²) in [6.45, 7) is 2.39. The Kier molecular flexibility index (Phi) is 6.68. The highest BCUT2D eigenvalue weighted by Crippen LogP contribution is 2.25. The SMILES string of the molecule is CSc1ccc(Cl)c(C(=O)N2CCN(S(=O)(=O)c3ccc(C(C)=O)cc3)CC2)c1. The summed E-state index contributed by atoms with van der Waals surface area (Å²) >= 11 is 7.72. The zero-order valence-corrected chi connectivity index (χ0v) is 18.5. The number of Topliss-reactive ketones (excluding diaryl/α,β-unsaturated/α-hetero) is 1. The van der Waals surface area contributed by atoms with Gasteiger partial charge in [0.05, 0.1) is 15.5 Å². The van der Waals surface area contributed by atoms with Crippen LogP contribution in [-0.4, -0.2) is 61.7 Å². The molecule has 0 aliphatic carbocycles. The van der Waals surface area contributed by atoms with Crippen LogP contribution in [0.2, 0.25) is 5.02 Å². The second-order valence-corrected chi connectivity index (χ2v) is 9.85. The average Bonchev–Trinajstić information content (AvgIpc) is 2.73. The van der Waals surface area contributed by atoms with Gasteiger partial charge in [0.1, 0.15) is 0 Å². The highest BCUT2D eigenvalue weighted by Gasteiger charge is 2.31. The van der Waals surface area contributed by atoms with Gasteiger partial charge in [-0.2, -0.15) is 4.31 Å². The zero-order chi connectivity index (χ0) is 21.2. The van der Waals surface area contributed by atoms with E-state index in [4.69, 9.17) is 11.6 Å². The molecule has 0 bridgehead atoms. The highest BCUT2D eigenvalue weighted by molar-refractivity contribution is 7.98. The molecule has 1 aliphatic heterocycles. The van der Waals surface area contributed by atoms with Gasteiger partial charge >= 0.3 is 0 Å². The number of carbonyl (C=O) groups excluding carboxylic acids is 2. The van der Waals surface area contributed by atoms with Crippen molar-refractivity contribution in [1.29, 1.82) is 0 Å². The topological polar surface area (TPSA) is 74.8 Å². The van der Waals surface area contributed by atoms with Crippen molar-refractivity contribution in [2.45, 2.75) is 16.7 Å². The third-order valence-electron chi connectivity index (χ3n) is 4.83. The van der Waals surface area contributed by atoms with Gasteiger partial charge in [0.2, 0.25) is 10.0 Å². The van der Waals surface area contributed by atoms with Crippen LogP contribution < -0.4 is 0 Å². The Hall–Kier alpha value is -1.87. The number of benzene rings is 2. The molecule has 1 saturated heterocycles. The Balaban J connectivity index is 1.71. The van der Waals surface area contributed by atoms with Gasteiger partial charge in [-0.3, -0.25) is 9.59 Å². The fourth-order valence-electron chi connectivity index (χ4n) is 3.11. The van der Waals surface area contributed by atoms with Crippen LogP contribution in [0.15, 0.2) is 52.3 Å². The van der Waals surface area contributed by atoms with Crippen molar-refractivity contribution < 1.29 is 18.0 Å². The average molecular weight is 453 g/mol. The van der Waals surface area contributed by atoms with Gasteiger partial charge in [-0.05, 0) is 43.5 Å². The Morgan fingerprint density at radius 3 is 2.17 bits per heavy atom. The molecule has 2 aromatic carbocycles. The number of halogens is 1. The molecular weight excluding hydrogens is 432 g/mol. The van der Waals surface area contributed by atoms with Crippen LogP contribution >= 0.6 is 23.4 Å². The summed E-state index contributed by atoms with van der Waals surface area (Å²) in [4.78, 5) is 26.9. The van der Waals surface area contributed by atoms with E-state index in [0.29, 0.717) is 16.1 Å². The van der Waals surface area contributed by atoms with Crippen LogP contribution in [0, 0.1) is 0 Å². The monoisotopic (exact) mass is 452 g/mol. The van der Waals surface area contributed by atoms with Crippen LogP contribution in [0.1, 0.15) is 27.6 Å². The van der Waals surface area contributed by atoms with Crippen molar-refractivity contribution in [2.24, 2.45) is 0 Å². The van der Waals surface area contributed by atoms with E-state index in [1.54, 1.807) is 17.0 Å². The molecule has 0 saturated carbocycles. The number of ketones is 1. The number of rotatable bonds is 5. The maximum absolute atomic E-state index is 12.9. The van der Waals surface area contributed by atoms with E-state index in [-0.39, 0.29) is 42.8 Å². The number of carbonyl (C=O) groups is 2. The molecule has 0 aromatic heterocycles. The number of hydrogen-bond acceptors (Lipinski definition) is 5. The second kappa shape index (κ2) is 8.87. The molecule has 1 fully saturated rings. The maximum atomic E-state index is 12.9. The van der Waals surface area contributed by atoms with Crippen LogP contribution in [0.3, 0.4) is 0 Å². The summed E-state index contributed by atoms with van der Waals surface area (Å²) in [5.41, 5.74) is 0.887. The van der Waals surface area contributed by atoms with E-state index < -0.39 is 10.0 Å². The first-order valence-corrected chi connectivity index (χ1v) is 12.0. The summed E-state index contributed by atoms with van der Waals surface area (Å²) in [7, 11) is -3.68. The molecular formula is C20H21ClN2O4S2. The van der Waals surface area contributed by atoms with E-state index in [1.807, 2.05) is 12.3 Å². The molecule has 0 N–H and O–H groups in total. The summed E-state index contributed by atoms with van der Waals surface area (Å²) in [6, 6.07) is 11.2. The quantitative estimate of drug-likeness (QED) is 0.513. The molecule has 1 aliphatic rings. The first kappa shape index (κ1) is 21.8. The second-order valence-electron chi connectivity index (χ2n) is 6.62. The van der Waals surface area contributed by atoms with Crippen molar-refractivity contribution in [3.05, 3.63) is 58.6 Å². The standard InChI is InChI=1S/C20H21ClN2O4S2/c1-14(24)15-3-6-17(7-4-15)29(26,27)23-11-9-22(10-12-23)20(25)18-13-16(28-2)5-8-19(18)21/h3-8,13H,9-12H2,1-2H3. The predicted octanol–water partition coefficient (Wildman–Crippen LogP) is 3.41. The van der Waals surface area contributed by atoms with E-state index in [0.717, 1.165) is 4.90 Å². The number of thioether (sulfide) groups is 1. The number of sulfonamides is 1. The minimum absolute atomic E-state index is 0.120. The van der Waals surface area contributed by atoms with E-state index >= 15 is 0 Å². The molecule has 0 unspecified atom stereocenters. The molecule has 0 spiro atoms. The number of hydrogen-bond donors (Lipinski definition) is 0. The van der Waals surface area contributed by atoms with Crippen LogP contribution in [0.5, 0.6) is 0 Å². The van der Waals surface area contributed by atoms with Crippen molar-refractivity contribution in [2.75, 3.05) is 32.4 Å². The molecule has 1 heterocycles. The molecule has 154 valence electrons. The van der Waals surface area contributed by atoms with Gasteiger partial charge in [0.15, 0.2) is 5.78 Å². The molecule has 1 amide bonds. The fourth-order valence-corrected chi connectivity index (χ4v) is 5.17. The minimum atomic E-state index is -3.68. The molecule has 3 rings (SSSR count). The van der Waals surface area contributed by atoms with Crippen molar-refractivity contribution in [3.8, 4) is 0 Å². The summed E-state index contributed by atoms with van der Waals surface area (Å²) < 4.78 is 27.1. The Morgan fingerprint density at radius 2 is 1.62 bits per heavy atom. The van der Waals surface area contributed by atoms with Crippen molar-refractivity contribution in [3.63, 3.8) is 0 Å². The lowest BCUT2D eigenvalue weighted by molar-refractivity contribution is 0.0697. The number of nitrogens with zero attached hydrogens (tertiary/aromatic N) is 2. The van der Waals surface area contributed by atoms with E-state index in [9.17, 15) is 18.0 Å². The molecule has 0 atom stereocenters. The highest BCUT2D eigenvalue weighted by atomic mass is 35.5. The van der Waals surface area contributed by atoms with Crippen molar-refractivity contribution >= 4 is 45.1 Å². The minimum Gasteiger partial charge on any atom is -0.336 e. The Labute approximate surface area is 179 Å². The summed E-state index contributed by atoms with van der Waals surface area (Å²) in [5, 5.41) is 0.383. The molecule has 0 radical (unpaired) electrons. The van der Waals surface area contributed by atoms with Gasteiger partial charge in [-0.25, -0.2) is 8.42 Å². The van der Waals surface area contributed by atoms with Crippen LogP contribution in [0.25, 0.3) is 0 Å². The smallest absolute Gasteiger partial charge is 0.255 e.